The molecule has 0 saturated carbocycles. The molecule has 174 valence electrons. The molecule has 1 atom stereocenters. The number of thiophene rings is 1. The van der Waals surface area contributed by atoms with Crippen molar-refractivity contribution in [1.82, 2.24) is 24.1 Å². The largest absolute Gasteiger partial charge is 0.319 e. The predicted molar refractivity (Wildman–Crippen MR) is 128 cm³/mol. The van der Waals surface area contributed by atoms with Gasteiger partial charge in [-0.25, -0.2) is 8.42 Å². The van der Waals surface area contributed by atoms with E-state index >= 15 is 0 Å². The number of sulfonamides is 1. The number of likely N-dealkylation sites (tertiary alicyclic amines) is 1. The Bertz CT molecular complexity index is 1260. The van der Waals surface area contributed by atoms with Gasteiger partial charge in [-0.05, 0) is 36.4 Å². The van der Waals surface area contributed by atoms with Crippen LogP contribution in [-0.2, 0) is 14.8 Å². The van der Waals surface area contributed by atoms with E-state index in [0.717, 1.165) is 36.0 Å². The van der Waals surface area contributed by atoms with Crippen LogP contribution in [-0.4, -0.2) is 71.1 Å². The van der Waals surface area contributed by atoms with E-state index in [1.165, 1.54) is 22.1 Å². The molecule has 33 heavy (non-hydrogen) atoms. The summed E-state index contributed by atoms with van der Waals surface area (Å²) in [6.45, 7) is 2.08. The number of carbonyl (C=O) groups excluding carboxylic acids is 1. The molecule has 1 amide bonds. The molecule has 5 rings (SSSR count). The van der Waals surface area contributed by atoms with Crippen LogP contribution in [0.4, 0.5) is 0 Å². The summed E-state index contributed by atoms with van der Waals surface area (Å²) in [7, 11) is -3.79. The lowest BCUT2D eigenvalue weighted by atomic mass is 10.1. The number of hydrogen-bond donors (Lipinski definition) is 0. The van der Waals surface area contributed by atoms with Crippen molar-refractivity contribution in [1.29, 1.82) is 0 Å². The van der Waals surface area contributed by atoms with Crippen molar-refractivity contribution in [2.75, 3.05) is 32.7 Å². The third kappa shape index (κ3) is 4.50. The number of piperazine rings is 1. The second-order valence-electron chi connectivity index (χ2n) is 8.27. The Morgan fingerprint density at radius 3 is 2.58 bits per heavy atom. The van der Waals surface area contributed by atoms with Gasteiger partial charge in [-0.15, -0.1) is 11.3 Å². The molecule has 0 radical (unpaired) electrons. The first-order valence-electron chi connectivity index (χ1n) is 10.9. The summed E-state index contributed by atoms with van der Waals surface area (Å²) in [5, 5.41) is 1.38. The second-order valence-corrected chi connectivity index (χ2v) is 12.0. The number of amides is 1. The molecule has 8 nitrogen and oxygen atoms in total. The monoisotopic (exact) mass is 505 g/mol. The fourth-order valence-electron chi connectivity index (χ4n) is 4.51. The van der Waals surface area contributed by atoms with Crippen molar-refractivity contribution in [3.63, 3.8) is 0 Å². The van der Waals surface area contributed by atoms with Crippen molar-refractivity contribution < 1.29 is 13.2 Å². The molecule has 0 bridgehead atoms. The molecule has 2 aliphatic rings. The summed E-state index contributed by atoms with van der Waals surface area (Å²) >= 11 is 7.23. The molecule has 2 fully saturated rings. The molecule has 2 saturated heterocycles. The lowest BCUT2D eigenvalue weighted by Gasteiger charge is -2.44. The minimum atomic E-state index is -3.79. The first-order valence-corrected chi connectivity index (χ1v) is 13.6. The van der Waals surface area contributed by atoms with Crippen LogP contribution in [0.5, 0.6) is 0 Å². The van der Waals surface area contributed by atoms with Crippen LogP contribution >= 0.6 is 22.9 Å². The van der Waals surface area contributed by atoms with Gasteiger partial charge in [0.2, 0.25) is 5.91 Å². The molecular weight excluding hydrogens is 482 g/mol. The number of nitrogens with zero attached hydrogens (tertiary/aromatic N) is 5. The van der Waals surface area contributed by atoms with Crippen LogP contribution in [0.3, 0.4) is 0 Å². The molecule has 11 heteroatoms. The third-order valence-electron chi connectivity index (χ3n) is 6.16. The van der Waals surface area contributed by atoms with Gasteiger partial charge in [-0.2, -0.15) is 4.31 Å². The van der Waals surface area contributed by atoms with Crippen LogP contribution < -0.4 is 0 Å². The zero-order valence-corrected chi connectivity index (χ0v) is 20.3. The first kappa shape index (κ1) is 22.7. The van der Waals surface area contributed by atoms with Crippen molar-refractivity contribution >= 4 is 49.0 Å². The number of halogens is 1. The van der Waals surface area contributed by atoms with Gasteiger partial charge in [-0.3, -0.25) is 19.7 Å². The summed E-state index contributed by atoms with van der Waals surface area (Å²) < 4.78 is 29.0. The van der Waals surface area contributed by atoms with E-state index in [9.17, 15) is 13.2 Å². The highest BCUT2D eigenvalue weighted by molar-refractivity contribution is 7.91. The van der Waals surface area contributed by atoms with Crippen LogP contribution in [0.1, 0.15) is 31.1 Å². The Labute approximate surface area is 201 Å². The van der Waals surface area contributed by atoms with Gasteiger partial charge < -0.3 is 4.90 Å². The number of piperidine rings is 1. The van der Waals surface area contributed by atoms with Gasteiger partial charge >= 0.3 is 0 Å². The molecule has 1 aromatic carbocycles. The van der Waals surface area contributed by atoms with Gasteiger partial charge in [0.15, 0.2) is 0 Å². The summed E-state index contributed by atoms with van der Waals surface area (Å²) in [5.74, 6) is -0.227. The fraction of sp³-hybridized carbons (Fsp3) is 0.409. The van der Waals surface area contributed by atoms with E-state index in [1.54, 1.807) is 47.8 Å². The summed E-state index contributed by atoms with van der Waals surface area (Å²) in [6.07, 6.45) is 7.90. The number of rotatable bonds is 5. The molecule has 1 unspecified atom stereocenters. The van der Waals surface area contributed by atoms with Crippen molar-refractivity contribution in [3.8, 4) is 0 Å². The minimum Gasteiger partial charge on any atom is -0.319 e. The van der Waals surface area contributed by atoms with Crippen molar-refractivity contribution in [2.24, 2.45) is 0 Å². The van der Waals surface area contributed by atoms with Gasteiger partial charge in [0.25, 0.3) is 10.0 Å². The van der Waals surface area contributed by atoms with Crippen molar-refractivity contribution in [3.05, 3.63) is 53.6 Å². The Morgan fingerprint density at radius 1 is 1.03 bits per heavy atom. The molecule has 2 aromatic heterocycles. The van der Waals surface area contributed by atoms with E-state index in [-0.39, 0.29) is 29.4 Å². The molecule has 0 spiro atoms. The third-order valence-corrected chi connectivity index (χ3v) is 9.78. The smallest absolute Gasteiger partial charge is 0.253 e. The summed E-state index contributed by atoms with van der Waals surface area (Å²) in [4.78, 5) is 26.0. The van der Waals surface area contributed by atoms with E-state index in [1.807, 2.05) is 0 Å². The van der Waals surface area contributed by atoms with E-state index < -0.39 is 10.0 Å². The molecular formula is C22H24ClN5O3S2. The van der Waals surface area contributed by atoms with E-state index in [2.05, 4.69) is 14.9 Å². The molecule has 0 N–H and O–H groups in total. The molecule has 2 aliphatic heterocycles. The first-order chi connectivity index (χ1) is 15.9. The van der Waals surface area contributed by atoms with Crippen LogP contribution in [0.2, 0.25) is 5.02 Å². The molecule has 4 heterocycles. The standard InChI is InChI=1S/C22H24ClN5O3S2/c23-17-5-4-16-12-21(32-19(16)13-17)33(30,31)27-10-11-28(20(29)15-27)22(18-14-24-6-7-25-18)26-8-2-1-3-9-26/h4-7,12-14,22H,1-3,8-11,15H2. The normalized spacial score (nSPS) is 19.8. The maximum absolute atomic E-state index is 13.3. The highest BCUT2D eigenvalue weighted by atomic mass is 35.5. The predicted octanol–water partition coefficient (Wildman–Crippen LogP) is 3.36. The maximum Gasteiger partial charge on any atom is 0.253 e. The zero-order chi connectivity index (χ0) is 23.0. The number of aromatic nitrogens is 2. The number of fused-ring (bicyclic) bond motifs is 1. The van der Waals surface area contributed by atoms with Crippen LogP contribution in [0.15, 0.2) is 47.1 Å². The van der Waals surface area contributed by atoms with E-state index in [4.69, 9.17) is 11.6 Å². The average molecular weight is 506 g/mol. The maximum atomic E-state index is 13.3. The Morgan fingerprint density at radius 2 is 1.85 bits per heavy atom. The lowest BCUT2D eigenvalue weighted by Crippen LogP contribution is -2.56. The number of hydrogen-bond acceptors (Lipinski definition) is 7. The summed E-state index contributed by atoms with van der Waals surface area (Å²) in [6, 6.07) is 6.95. The topological polar surface area (TPSA) is 86.7 Å². The number of carbonyl (C=O) groups is 1. The second kappa shape index (κ2) is 9.27. The fourth-order valence-corrected chi connectivity index (χ4v) is 7.72. The zero-order valence-electron chi connectivity index (χ0n) is 17.9. The molecule has 3 aromatic rings. The Hall–Kier alpha value is -2.11. The Kier molecular flexibility index (Phi) is 6.37. The van der Waals surface area contributed by atoms with E-state index in [0.29, 0.717) is 17.3 Å². The molecule has 0 aliphatic carbocycles. The van der Waals surface area contributed by atoms with Crippen LogP contribution in [0.25, 0.3) is 10.1 Å². The van der Waals surface area contributed by atoms with Gasteiger partial charge in [0.05, 0.1) is 18.4 Å². The number of benzene rings is 1. The lowest BCUT2D eigenvalue weighted by molar-refractivity contribution is -0.142. The average Bonchev–Trinajstić information content (AvgIpc) is 3.26. The quantitative estimate of drug-likeness (QED) is 0.528. The SMILES string of the molecule is O=C1CN(S(=O)(=O)c2cc3ccc(Cl)cc3s2)CCN1C(c1cnccn1)N1CCCCC1. The highest BCUT2D eigenvalue weighted by Crippen LogP contribution is 2.34. The highest BCUT2D eigenvalue weighted by Gasteiger charge is 2.39. The Balaban J connectivity index is 1.39. The summed E-state index contributed by atoms with van der Waals surface area (Å²) in [5.41, 5.74) is 0.713. The minimum absolute atomic E-state index is 0.193. The van der Waals surface area contributed by atoms with Gasteiger partial charge in [0, 0.05) is 48.3 Å². The van der Waals surface area contributed by atoms with Gasteiger partial charge in [-0.1, -0.05) is 24.1 Å². The van der Waals surface area contributed by atoms with Crippen LogP contribution in [0, 0.1) is 0 Å². The van der Waals surface area contributed by atoms with Gasteiger partial charge in [0.1, 0.15) is 10.4 Å². The van der Waals surface area contributed by atoms with Crippen molar-refractivity contribution in [2.45, 2.75) is 29.6 Å².